The lowest BCUT2D eigenvalue weighted by molar-refractivity contribution is -0.221. The van der Waals surface area contributed by atoms with Gasteiger partial charge in [-0.2, -0.15) is 5.06 Å². The van der Waals surface area contributed by atoms with Crippen LogP contribution in [0.1, 0.15) is 44.9 Å². The average molecular weight is 237 g/mol. The highest BCUT2D eigenvalue weighted by Crippen LogP contribution is 2.52. The molecule has 2 saturated heterocycles. The molecule has 3 rings (SSSR count). The van der Waals surface area contributed by atoms with Crippen LogP contribution in [-0.4, -0.2) is 35.3 Å². The van der Waals surface area contributed by atoms with Crippen molar-refractivity contribution in [1.82, 2.24) is 5.06 Å². The summed E-state index contributed by atoms with van der Waals surface area (Å²) in [6, 6.07) is 0.187. The molecule has 1 saturated carbocycles. The topological polar surface area (TPSA) is 46.6 Å². The largest absolute Gasteiger partial charge is 0.303 e. The van der Waals surface area contributed by atoms with Crippen molar-refractivity contribution in [3.8, 4) is 0 Å². The lowest BCUT2D eigenvalue weighted by atomic mass is 9.68. The Morgan fingerprint density at radius 1 is 1.24 bits per heavy atom. The van der Waals surface area contributed by atoms with E-state index in [1.807, 2.05) is 5.06 Å². The van der Waals surface area contributed by atoms with Gasteiger partial charge in [-0.3, -0.25) is 4.84 Å². The number of carbonyl (C=O) groups is 2. The Bertz CT molecular complexity index is 329. The van der Waals surface area contributed by atoms with Gasteiger partial charge >= 0.3 is 0 Å². The molecule has 0 radical (unpaired) electrons. The minimum Gasteiger partial charge on any atom is -0.303 e. The smallest absolute Gasteiger partial charge is 0.127 e. The van der Waals surface area contributed by atoms with E-state index >= 15 is 0 Å². The van der Waals surface area contributed by atoms with Gasteiger partial charge in [0, 0.05) is 12.5 Å². The Morgan fingerprint density at radius 2 is 2.00 bits per heavy atom. The molecule has 0 aromatic heterocycles. The van der Waals surface area contributed by atoms with Crippen molar-refractivity contribution in [2.75, 3.05) is 0 Å². The summed E-state index contributed by atoms with van der Waals surface area (Å²) in [5.74, 6) is 0.0192. The fourth-order valence-corrected chi connectivity index (χ4v) is 4.08. The lowest BCUT2D eigenvalue weighted by Crippen LogP contribution is -2.56. The zero-order valence-corrected chi connectivity index (χ0v) is 10.0. The molecule has 2 aliphatic heterocycles. The monoisotopic (exact) mass is 237 g/mol. The second kappa shape index (κ2) is 4.18. The molecule has 3 fully saturated rings. The third-order valence-corrected chi connectivity index (χ3v) is 4.80. The third-order valence-electron chi connectivity index (χ3n) is 4.80. The standard InChI is InChI=1S/C13H19NO3/c15-8-5-10-3-1-6-13-7-2-4-12(11(13)9-16)17-14(10)13/h8-12H,1-7H2/t10-,11?,12-,13+/m0/s1. The molecule has 17 heavy (non-hydrogen) atoms. The predicted octanol–water partition coefficient (Wildman–Crippen LogP) is 1.48. The summed E-state index contributed by atoms with van der Waals surface area (Å²) in [5.41, 5.74) is -0.0867. The molecule has 4 atom stereocenters. The van der Waals surface area contributed by atoms with Crippen molar-refractivity contribution in [3.63, 3.8) is 0 Å². The van der Waals surface area contributed by atoms with Crippen LogP contribution in [0, 0.1) is 5.92 Å². The van der Waals surface area contributed by atoms with Crippen LogP contribution >= 0.6 is 0 Å². The van der Waals surface area contributed by atoms with Crippen molar-refractivity contribution in [3.05, 3.63) is 0 Å². The number of rotatable bonds is 3. The first kappa shape index (κ1) is 11.4. The van der Waals surface area contributed by atoms with Crippen LogP contribution in [0.15, 0.2) is 0 Å². The van der Waals surface area contributed by atoms with E-state index in [-0.39, 0.29) is 23.6 Å². The minimum absolute atomic E-state index is 0.0192. The summed E-state index contributed by atoms with van der Waals surface area (Å²) in [6.45, 7) is 0. The average Bonchev–Trinajstić information content (AvgIpc) is 2.51. The second-order valence-electron chi connectivity index (χ2n) is 5.58. The van der Waals surface area contributed by atoms with Gasteiger partial charge in [-0.05, 0) is 38.5 Å². The van der Waals surface area contributed by atoms with Crippen LogP contribution < -0.4 is 0 Å². The van der Waals surface area contributed by atoms with E-state index in [0.29, 0.717) is 6.42 Å². The van der Waals surface area contributed by atoms with E-state index in [2.05, 4.69) is 0 Å². The highest BCUT2D eigenvalue weighted by molar-refractivity contribution is 5.59. The van der Waals surface area contributed by atoms with Gasteiger partial charge in [0.15, 0.2) is 0 Å². The normalized spacial score (nSPS) is 45.3. The SMILES string of the molecule is O=CC[C@@H]1CCC[C@]23CCC[C@H](ON12)C3C=O. The van der Waals surface area contributed by atoms with Gasteiger partial charge in [-0.25, -0.2) is 0 Å². The number of piperidine rings is 1. The number of hydrogen-bond acceptors (Lipinski definition) is 4. The summed E-state index contributed by atoms with van der Waals surface area (Å²) in [5, 5.41) is 2.04. The Hall–Kier alpha value is -0.740. The van der Waals surface area contributed by atoms with Gasteiger partial charge in [0.1, 0.15) is 12.6 Å². The minimum atomic E-state index is -0.0867. The molecule has 94 valence electrons. The number of carbonyl (C=O) groups excluding carboxylic acids is 2. The van der Waals surface area contributed by atoms with Gasteiger partial charge in [0.25, 0.3) is 0 Å². The van der Waals surface area contributed by atoms with Crippen molar-refractivity contribution in [1.29, 1.82) is 0 Å². The van der Waals surface area contributed by atoms with E-state index in [9.17, 15) is 9.59 Å². The molecule has 1 unspecified atom stereocenters. The van der Waals surface area contributed by atoms with E-state index in [0.717, 1.165) is 51.1 Å². The van der Waals surface area contributed by atoms with Crippen molar-refractivity contribution in [2.24, 2.45) is 5.92 Å². The van der Waals surface area contributed by atoms with Crippen molar-refractivity contribution in [2.45, 2.75) is 62.6 Å². The van der Waals surface area contributed by atoms with Crippen LogP contribution in [0.3, 0.4) is 0 Å². The van der Waals surface area contributed by atoms with Gasteiger partial charge in [-0.15, -0.1) is 0 Å². The van der Waals surface area contributed by atoms with Crippen LogP contribution in [0.2, 0.25) is 0 Å². The number of hydrogen-bond donors (Lipinski definition) is 0. The zero-order chi connectivity index (χ0) is 11.9. The summed E-state index contributed by atoms with van der Waals surface area (Å²) in [7, 11) is 0. The second-order valence-corrected chi connectivity index (χ2v) is 5.58. The Balaban J connectivity index is 1.92. The summed E-state index contributed by atoms with van der Waals surface area (Å²) < 4.78 is 0. The fraction of sp³-hybridized carbons (Fsp3) is 0.846. The maximum Gasteiger partial charge on any atom is 0.127 e. The van der Waals surface area contributed by atoms with Crippen LogP contribution in [0.4, 0.5) is 0 Å². The van der Waals surface area contributed by atoms with Gasteiger partial charge < -0.3 is 9.59 Å². The first-order chi connectivity index (χ1) is 8.31. The maximum absolute atomic E-state index is 11.4. The Morgan fingerprint density at radius 3 is 2.71 bits per heavy atom. The molecule has 0 aromatic rings. The summed E-state index contributed by atoms with van der Waals surface area (Å²) in [4.78, 5) is 28.1. The number of aldehydes is 2. The molecule has 0 N–H and O–H groups in total. The van der Waals surface area contributed by atoms with E-state index < -0.39 is 0 Å². The van der Waals surface area contributed by atoms with E-state index in [4.69, 9.17) is 4.84 Å². The third kappa shape index (κ3) is 1.50. The number of nitrogens with zero attached hydrogens (tertiary/aromatic N) is 1. The lowest BCUT2D eigenvalue weighted by Gasteiger charge is -2.47. The van der Waals surface area contributed by atoms with Crippen LogP contribution in [-0.2, 0) is 14.4 Å². The van der Waals surface area contributed by atoms with Gasteiger partial charge in [0.05, 0.1) is 17.6 Å². The van der Waals surface area contributed by atoms with Gasteiger partial charge in [-0.1, -0.05) is 0 Å². The molecular formula is C13H19NO3. The van der Waals surface area contributed by atoms with Gasteiger partial charge in [0.2, 0.25) is 0 Å². The number of fused-ring (bicyclic) bond motifs is 1. The quantitative estimate of drug-likeness (QED) is 0.698. The molecule has 1 spiro atoms. The number of hydroxylamine groups is 2. The molecule has 0 amide bonds. The zero-order valence-electron chi connectivity index (χ0n) is 10.0. The summed E-state index contributed by atoms with van der Waals surface area (Å²) in [6.07, 6.45) is 8.99. The summed E-state index contributed by atoms with van der Waals surface area (Å²) >= 11 is 0. The highest BCUT2D eigenvalue weighted by Gasteiger charge is 2.59. The van der Waals surface area contributed by atoms with E-state index in [1.54, 1.807) is 0 Å². The molecule has 4 nitrogen and oxygen atoms in total. The van der Waals surface area contributed by atoms with Crippen LogP contribution in [0.25, 0.3) is 0 Å². The molecule has 2 bridgehead atoms. The molecule has 3 aliphatic rings. The molecule has 1 aliphatic carbocycles. The first-order valence-electron chi connectivity index (χ1n) is 6.67. The molecule has 4 heteroatoms. The maximum atomic E-state index is 11.4. The molecule has 0 aromatic carbocycles. The molecule has 2 heterocycles. The highest BCUT2D eigenvalue weighted by atomic mass is 16.7. The Labute approximate surface area is 101 Å². The van der Waals surface area contributed by atoms with Crippen molar-refractivity contribution < 1.29 is 14.4 Å². The predicted molar refractivity (Wildman–Crippen MR) is 61.2 cm³/mol. The Kier molecular flexibility index (Phi) is 2.79. The first-order valence-corrected chi connectivity index (χ1v) is 6.67. The van der Waals surface area contributed by atoms with Crippen molar-refractivity contribution >= 4 is 12.6 Å². The van der Waals surface area contributed by atoms with Crippen LogP contribution in [0.5, 0.6) is 0 Å². The fourth-order valence-electron chi connectivity index (χ4n) is 4.08. The molecular weight excluding hydrogens is 218 g/mol. The van der Waals surface area contributed by atoms with E-state index in [1.165, 1.54) is 0 Å².